The van der Waals surface area contributed by atoms with Crippen molar-refractivity contribution < 1.29 is 4.74 Å². The van der Waals surface area contributed by atoms with E-state index in [9.17, 15) is 0 Å². The molecule has 2 unspecified atom stereocenters. The molecular weight excluding hydrogens is 344 g/mol. The second kappa shape index (κ2) is 8.41. The SMILES string of the molecule is COc1ccc(-c2ccnc(C(C)C3CC(c4ccccc4)=CCN3)c2)cc1. The molecule has 1 aliphatic heterocycles. The zero-order valence-corrected chi connectivity index (χ0v) is 16.4. The van der Waals surface area contributed by atoms with Gasteiger partial charge in [0.25, 0.3) is 0 Å². The Balaban J connectivity index is 1.53. The fourth-order valence-corrected chi connectivity index (χ4v) is 3.83. The third-order valence-corrected chi connectivity index (χ3v) is 5.59. The standard InChI is InChI=1S/C25H26N2O/c1-18(24-16-21(12-14-26-24)19-6-4-3-5-7-19)25-17-22(13-15-27-25)20-8-10-23(28-2)11-9-20/h3-13,15,17-18,24,26H,14,16H2,1-2H3. The summed E-state index contributed by atoms with van der Waals surface area (Å²) < 4.78 is 5.27. The van der Waals surface area contributed by atoms with Crippen LogP contribution < -0.4 is 10.1 Å². The summed E-state index contributed by atoms with van der Waals surface area (Å²) in [5.41, 5.74) is 6.23. The van der Waals surface area contributed by atoms with Gasteiger partial charge in [-0.1, -0.05) is 55.5 Å². The Kier molecular flexibility index (Phi) is 5.54. The molecule has 0 fully saturated rings. The van der Waals surface area contributed by atoms with Crippen LogP contribution in [0.4, 0.5) is 0 Å². The summed E-state index contributed by atoms with van der Waals surface area (Å²) in [4.78, 5) is 4.69. The quantitative estimate of drug-likeness (QED) is 0.661. The Morgan fingerprint density at radius 3 is 2.50 bits per heavy atom. The summed E-state index contributed by atoms with van der Waals surface area (Å²) in [6.45, 7) is 3.17. The Hall–Kier alpha value is -2.91. The summed E-state index contributed by atoms with van der Waals surface area (Å²) in [5.74, 6) is 1.20. The number of benzene rings is 2. The Morgan fingerprint density at radius 1 is 0.964 bits per heavy atom. The minimum atomic E-state index is 0.325. The van der Waals surface area contributed by atoms with Crippen molar-refractivity contribution in [3.63, 3.8) is 0 Å². The first-order valence-electron chi connectivity index (χ1n) is 9.83. The van der Waals surface area contributed by atoms with E-state index in [-0.39, 0.29) is 0 Å². The zero-order valence-electron chi connectivity index (χ0n) is 16.4. The molecule has 3 aromatic rings. The monoisotopic (exact) mass is 370 g/mol. The molecule has 0 amide bonds. The minimum Gasteiger partial charge on any atom is -0.497 e. The molecule has 142 valence electrons. The molecule has 0 bridgehead atoms. The van der Waals surface area contributed by atoms with Crippen LogP contribution in [0.15, 0.2) is 79.0 Å². The van der Waals surface area contributed by atoms with Crippen LogP contribution >= 0.6 is 0 Å². The summed E-state index contributed by atoms with van der Waals surface area (Å²) in [5, 5.41) is 3.66. The van der Waals surface area contributed by atoms with Crippen molar-refractivity contribution in [2.24, 2.45) is 0 Å². The van der Waals surface area contributed by atoms with Crippen LogP contribution in [0.5, 0.6) is 5.75 Å². The normalized spacial score (nSPS) is 17.6. The number of hydrogen-bond donors (Lipinski definition) is 1. The van der Waals surface area contributed by atoms with E-state index in [4.69, 9.17) is 4.74 Å². The van der Waals surface area contributed by atoms with Crippen molar-refractivity contribution in [3.8, 4) is 16.9 Å². The molecule has 2 atom stereocenters. The van der Waals surface area contributed by atoms with Gasteiger partial charge >= 0.3 is 0 Å². The van der Waals surface area contributed by atoms with Crippen LogP contribution in [0.25, 0.3) is 16.7 Å². The fraction of sp³-hybridized carbons (Fsp3) is 0.240. The molecule has 0 aliphatic carbocycles. The largest absolute Gasteiger partial charge is 0.497 e. The molecule has 0 saturated heterocycles. The van der Waals surface area contributed by atoms with Gasteiger partial charge in [-0.05, 0) is 52.9 Å². The summed E-state index contributed by atoms with van der Waals surface area (Å²) in [7, 11) is 1.69. The lowest BCUT2D eigenvalue weighted by atomic mass is 9.86. The highest BCUT2D eigenvalue weighted by molar-refractivity contribution is 5.67. The van der Waals surface area contributed by atoms with Gasteiger partial charge in [-0.15, -0.1) is 0 Å². The molecule has 4 rings (SSSR count). The predicted octanol–water partition coefficient (Wildman–Crippen LogP) is 5.31. The van der Waals surface area contributed by atoms with Gasteiger partial charge < -0.3 is 10.1 Å². The van der Waals surface area contributed by atoms with Crippen LogP contribution in [0.3, 0.4) is 0 Å². The van der Waals surface area contributed by atoms with E-state index >= 15 is 0 Å². The molecule has 3 nitrogen and oxygen atoms in total. The van der Waals surface area contributed by atoms with Gasteiger partial charge in [0.05, 0.1) is 7.11 Å². The highest BCUT2D eigenvalue weighted by Crippen LogP contribution is 2.31. The van der Waals surface area contributed by atoms with Crippen LogP contribution in [-0.4, -0.2) is 24.7 Å². The fourth-order valence-electron chi connectivity index (χ4n) is 3.83. The average Bonchev–Trinajstić information content (AvgIpc) is 2.79. The minimum absolute atomic E-state index is 0.325. The van der Waals surface area contributed by atoms with Gasteiger partial charge in [-0.3, -0.25) is 4.98 Å². The lowest BCUT2D eigenvalue weighted by Gasteiger charge is -2.29. The van der Waals surface area contributed by atoms with E-state index in [1.165, 1.54) is 22.3 Å². The van der Waals surface area contributed by atoms with Gasteiger partial charge in [0, 0.05) is 30.4 Å². The predicted molar refractivity (Wildman–Crippen MR) is 115 cm³/mol. The van der Waals surface area contributed by atoms with Crippen LogP contribution in [0, 0.1) is 0 Å². The van der Waals surface area contributed by atoms with E-state index in [0.29, 0.717) is 12.0 Å². The highest BCUT2D eigenvalue weighted by atomic mass is 16.5. The van der Waals surface area contributed by atoms with Crippen LogP contribution in [0.2, 0.25) is 0 Å². The van der Waals surface area contributed by atoms with E-state index in [1.807, 2.05) is 18.3 Å². The van der Waals surface area contributed by atoms with E-state index in [2.05, 4.69) is 77.9 Å². The van der Waals surface area contributed by atoms with Gasteiger partial charge in [0.15, 0.2) is 0 Å². The van der Waals surface area contributed by atoms with E-state index in [0.717, 1.165) is 24.4 Å². The molecular formula is C25H26N2O. The molecule has 0 radical (unpaired) electrons. The zero-order chi connectivity index (χ0) is 19.3. The van der Waals surface area contributed by atoms with Gasteiger partial charge in [-0.2, -0.15) is 0 Å². The number of ether oxygens (including phenoxy) is 1. The number of hydrogen-bond acceptors (Lipinski definition) is 3. The summed E-state index contributed by atoms with van der Waals surface area (Å²) in [6.07, 6.45) is 5.24. The van der Waals surface area contributed by atoms with Crippen LogP contribution in [0.1, 0.15) is 30.5 Å². The maximum absolute atomic E-state index is 5.27. The molecule has 1 N–H and O–H groups in total. The lowest BCUT2D eigenvalue weighted by molar-refractivity contribution is 0.415. The smallest absolute Gasteiger partial charge is 0.118 e. The first-order chi connectivity index (χ1) is 13.7. The van der Waals surface area contributed by atoms with E-state index in [1.54, 1.807) is 7.11 Å². The summed E-state index contributed by atoms with van der Waals surface area (Å²) >= 11 is 0. The number of methoxy groups -OCH3 is 1. The molecule has 3 heteroatoms. The summed E-state index contributed by atoms with van der Waals surface area (Å²) in [6, 6.07) is 23.5. The second-order valence-electron chi connectivity index (χ2n) is 7.30. The maximum atomic E-state index is 5.27. The Labute approximate surface area is 167 Å². The number of rotatable bonds is 5. The topological polar surface area (TPSA) is 34.1 Å². The number of nitrogens with zero attached hydrogens (tertiary/aromatic N) is 1. The maximum Gasteiger partial charge on any atom is 0.118 e. The molecule has 2 aromatic carbocycles. The Bertz CT molecular complexity index is 948. The first-order valence-corrected chi connectivity index (χ1v) is 9.83. The molecule has 0 saturated carbocycles. The van der Waals surface area contributed by atoms with Crippen molar-refractivity contribution in [3.05, 3.63) is 90.3 Å². The molecule has 2 heterocycles. The van der Waals surface area contributed by atoms with Crippen LogP contribution in [-0.2, 0) is 0 Å². The van der Waals surface area contributed by atoms with E-state index < -0.39 is 0 Å². The number of aromatic nitrogens is 1. The number of pyridine rings is 1. The third kappa shape index (κ3) is 4.00. The Morgan fingerprint density at radius 2 is 1.75 bits per heavy atom. The van der Waals surface area contributed by atoms with Gasteiger partial charge in [0.1, 0.15) is 5.75 Å². The van der Waals surface area contributed by atoms with Gasteiger partial charge in [-0.25, -0.2) is 0 Å². The van der Waals surface area contributed by atoms with Gasteiger partial charge in [0.2, 0.25) is 0 Å². The number of nitrogens with one attached hydrogen (secondary N) is 1. The molecule has 28 heavy (non-hydrogen) atoms. The van der Waals surface area contributed by atoms with Crippen molar-refractivity contribution in [2.45, 2.75) is 25.3 Å². The third-order valence-electron chi connectivity index (χ3n) is 5.59. The lowest BCUT2D eigenvalue weighted by Crippen LogP contribution is -2.37. The second-order valence-corrected chi connectivity index (χ2v) is 7.30. The van der Waals surface area contributed by atoms with Crippen molar-refractivity contribution >= 4 is 5.57 Å². The van der Waals surface area contributed by atoms with Crippen molar-refractivity contribution in [1.29, 1.82) is 0 Å². The molecule has 1 aliphatic rings. The average molecular weight is 370 g/mol. The molecule has 0 spiro atoms. The van der Waals surface area contributed by atoms with Crippen molar-refractivity contribution in [2.75, 3.05) is 13.7 Å². The highest BCUT2D eigenvalue weighted by Gasteiger charge is 2.24. The molecule has 1 aromatic heterocycles. The van der Waals surface area contributed by atoms with Crippen molar-refractivity contribution in [1.82, 2.24) is 10.3 Å². The first kappa shape index (κ1) is 18.5.